The highest BCUT2D eigenvalue weighted by Crippen LogP contribution is 2.31. The average Bonchev–Trinajstić information content (AvgIpc) is 2.62. The Labute approximate surface area is 149 Å². The van der Waals surface area contributed by atoms with Crippen LogP contribution < -0.4 is 9.55 Å². The fourth-order valence-corrected chi connectivity index (χ4v) is 3.64. The van der Waals surface area contributed by atoms with Crippen molar-refractivity contribution < 1.29 is 10.0 Å². The van der Waals surface area contributed by atoms with Crippen LogP contribution in [-0.4, -0.2) is 24.2 Å². The van der Waals surface area contributed by atoms with E-state index in [0.29, 0.717) is 19.6 Å². The van der Waals surface area contributed by atoms with Gasteiger partial charge in [0, 0.05) is 24.7 Å². The van der Waals surface area contributed by atoms with Crippen LogP contribution in [0.25, 0.3) is 0 Å². The Morgan fingerprint density at radius 1 is 1.04 bits per heavy atom. The number of benzene rings is 2. The van der Waals surface area contributed by atoms with Crippen LogP contribution in [0.2, 0.25) is 0 Å². The van der Waals surface area contributed by atoms with E-state index in [4.69, 9.17) is 0 Å². The molecule has 1 aliphatic heterocycles. The standard InChI is InChI=1S/C21H27N2O2/c1-4-23(25,5-2)20-13-12-19-15-22(16(3)24)21-9-7-6-8-17(21)10-11-18(19)14-20/h6-9,12-14,25H,4-5,10-11,15H2,1-3H3/q+1. The summed E-state index contributed by atoms with van der Waals surface area (Å²) in [5, 5.41) is 10.8. The molecule has 2 aromatic carbocycles. The number of hydrogen-bond donors (Lipinski definition) is 1. The second-order valence-electron chi connectivity index (χ2n) is 6.74. The molecule has 0 saturated carbocycles. The number of anilines is 1. The summed E-state index contributed by atoms with van der Waals surface area (Å²) in [4.78, 5) is 14.1. The number of hydroxylamine groups is 2. The molecule has 0 atom stereocenters. The van der Waals surface area contributed by atoms with Gasteiger partial charge in [-0.3, -0.25) is 4.79 Å². The summed E-state index contributed by atoms with van der Waals surface area (Å²) in [5.41, 5.74) is 5.51. The Balaban J connectivity index is 2.04. The predicted octanol–water partition coefficient (Wildman–Crippen LogP) is 4.07. The van der Waals surface area contributed by atoms with Crippen LogP contribution in [0.3, 0.4) is 0 Å². The summed E-state index contributed by atoms with van der Waals surface area (Å²) in [6.45, 7) is 7.46. The summed E-state index contributed by atoms with van der Waals surface area (Å²) in [5.74, 6) is 0.0544. The third kappa shape index (κ3) is 3.32. The Morgan fingerprint density at radius 2 is 1.72 bits per heavy atom. The van der Waals surface area contributed by atoms with Crippen molar-refractivity contribution in [2.45, 2.75) is 40.2 Å². The van der Waals surface area contributed by atoms with Gasteiger partial charge in [-0.15, -0.1) is 0 Å². The normalized spacial score (nSPS) is 14.3. The van der Waals surface area contributed by atoms with Gasteiger partial charge in [0.1, 0.15) is 13.1 Å². The molecule has 0 aromatic heterocycles. The van der Waals surface area contributed by atoms with Gasteiger partial charge in [0.25, 0.3) is 0 Å². The van der Waals surface area contributed by atoms with Crippen LogP contribution in [0.15, 0.2) is 42.5 Å². The monoisotopic (exact) mass is 339 g/mol. The van der Waals surface area contributed by atoms with Gasteiger partial charge in [-0.05, 0) is 49.4 Å². The summed E-state index contributed by atoms with van der Waals surface area (Å²) < 4.78 is -0.0553. The van der Waals surface area contributed by atoms with Crippen molar-refractivity contribution in [2.75, 3.05) is 18.0 Å². The molecule has 0 saturated heterocycles. The molecule has 0 spiro atoms. The Bertz CT molecular complexity index is 781. The quantitative estimate of drug-likeness (QED) is 0.676. The molecular formula is C21H27N2O2+. The lowest BCUT2D eigenvalue weighted by atomic mass is 9.94. The molecule has 0 radical (unpaired) electrons. The number of amides is 1. The van der Waals surface area contributed by atoms with Gasteiger partial charge in [-0.25, -0.2) is 5.21 Å². The zero-order valence-electron chi connectivity index (χ0n) is 15.3. The highest BCUT2D eigenvalue weighted by molar-refractivity contribution is 5.92. The van der Waals surface area contributed by atoms with Gasteiger partial charge < -0.3 is 4.90 Å². The minimum atomic E-state index is -0.0553. The first-order valence-corrected chi connectivity index (χ1v) is 9.06. The molecule has 0 unspecified atom stereocenters. The van der Waals surface area contributed by atoms with Gasteiger partial charge in [-0.1, -0.05) is 24.3 Å². The maximum absolute atomic E-state index is 12.2. The molecule has 25 heavy (non-hydrogen) atoms. The molecule has 4 nitrogen and oxygen atoms in total. The fourth-order valence-electron chi connectivity index (χ4n) is 3.64. The number of carbonyl (C=O) groups excluding carboxylic acids is 1. The van der Waals surface area contributed by atoms with Gasteiger partial charge in [0.05, 0.1) is 6.54 Å². The van der Waals surface area contributed by atoms with Crippen molar-refractivity contribution >= 4 is 17.3 Å². The number of rotatable bonds is 3. The topological polar surface area (TPSA) is 40.5 Å². The van der Waals surface area contributed by atoms with Crippen LogP contribution in [-0.2, 0) is 24.2 Å². The first-order valence-electron chi connectivity index (χ1n) is 9.06. The zero-order valence-corrected chi connectivity index (χ0v) is 15.3. The van der Waals surface area contributed by atoms with Gasteiger partial charge in [0.15, 0.2) is 5.69 Å². The lowest BCUT2D eigenvalue weighted by Gasteiger charge is -2.30. The van der Waals surface area contributed by atoms with Crippen LogP contribution in [0.4, 0.5) is 11.4 Å². The van der Waals surface area contributed by atoms with E-state index in [1.165, 1.54) is 11.1 Å². The molecule has 1 heterocycles. The molecule has 1 N–H and O–H groups in total. The van der Waals surface area contributed by atoms with Crippen LogP contribution in [0, 0.1) is 0 Å². The van der Waals surface area contributed by atoms with E-state index in [1.807, 2.05) is 43.0 Å². The molecule has 3 rings (SSSR count). The number of aryl methyl sites for hydroxylation is 2. The maximum Gasteiger partial charge on any atom is 0.224 e. The van der Waals surface area contributed by atoms with E-state index in [1.54, 1.807) is 6.92 Å². The second-order valence-corrected chi connectivity index (χ2v) is 6.74. The fraction of sp³-hybridized carbons (Fsp3) is 0.381. The average molecular weight is 339 g/mol. The molecule has 2 aromatic rings. The van der Waals surface area contributed by atoms with Gasteiger partial charge >= 0.3 is 0 Å². The van der Waals surface area contributed by atoms with E-state index >= 15 is 0 Å². The predicted molar refractivity (Wildman–Crippen MR) is 102 cm³/mol. The van der Waals surface area contributed by atoms with E-state index in [9.17, 15) is 10.0 Å². The van der Waals surface area contributed by atoms with Gasteiger partial charge in [-0.2, -0.15) is 4.65 Å². The SMILES string of the molecule is CC[N+](O)(CC)c1ccc2c(c1)CCc1ccccc1N(C(C)=O)C2. The second kappa shape index (κ2) is 6.98. The molecule has 132 valence electrons. The van der Waals surface area contributed by atoms with Crippen molar-refractivity contribution in [3.05, 3.63) is 59.2 Å². The summed E-state index contributed by atoms with van der Waals surface area (Å²) in [6.07, 6.45) is 1.81. The summed E-state index contributed by atoms with van der Waals surface area (Å²) in [6, 6.07) is 14.3. The lowest BCUT2D eigenvalue weighted by molar-refractivity contribution is -0.116. The number of nitrogens with zero attached hydrogens (tertiary/aromatic N) is 2. The minimum absolute atomic E-state index is 0.0544. The van der Waals surface area contributed by atoms with Crippen molar-refractivity contribution in [2.24, 2.45) is 0 Å². The van der Waals surface area contributed by atoms with E-state index in [2.05, 4.69) is 18.2 Å². The summed E-state index contributed by atoms with van der Waals surface area (Å²) in [7, 11) is 0. The van der Waals surface area contributed by atoms with Crippen molar-refractivity contribution in [3.8, 4) is 0 Å². The smallest absolute Gasteiger partial charge is 0.224 e. The zero-order chi connectivity index (χ0) is 18.0. The third-order valence-corrected chi connectivity index (χ3v) is 5.37. The first kappa shape index (κ1) is 17.6. The Morgan fingerprint density at radius 3 is 2.40 bits per heavy atom. The van der Waals surface area contributed by atoms with E-state index < -0.39 is 0 Å². The molecular weight excluding hydrogens is 312 g/mol. The van der Waals surface area contributed by atoms with Crippen LogP contribution in [0.1, 0.15) is 37.5 Å². The molecule has 0 aliphatic carbocycles. The molecule has 0 bridgehead atoms. The first-order chi connectivity index (χ1) is 12.0. The highest BCUT2D eigenvalue weighted by atomic mass is 16.5. The highest BCUT2D eigenvalue weighted by Gasteiger charge is 2.27. The largest absolute Gasteiger partial charge is 0.308 e. The third-order valence-electron chi connectivity index (χ3n) is 5.37. The number of fused-ring (bicyclic) bond motifs is 2. The minimum Gasteiger partial charge on any atom is -0.308 e. The number of para-hydroxylation sites is 1. The Kier molecular flexibility index (Phi) is 4.93. The number of quaternary nitrogens is 1. The summed E-state index contributed by atoms with van der Waals surface area (Å²) >= 11 is 0. The molecule has 1 aliphatic rings. The molecule has 4 heteroatoms. The van der Waals surface area contributed by atoms with Gasteiger partial charge in [0.2, 0.25) is 5.91 Å². The number of carbonyl (C=O) groups is 1. The molecule has 0 fully saturated rings. The van der Waals surface area contributed by atoms with E-state index in [0.717, 1.165) is 29.8 Å². The van der Waals surface area contributed by atoms with Crippen molar-refractivity contribution in [1.82, 2.24) is 4.65 Å². The maximum atomic E-state index is 12.2. The lowest BCUT2D eigenvalue weighted by Crippen LogP contribution is -2.45. The van der Waals surface area contributed by atoms with Crippen LogP contribution >= 0.6 is 0 Å². The van der Waals surface area contributed by atoms with E-state index in [-0.39, 0.29) is 10.6 Å². The Hall–Kier alpha value is -2.17. The number of hydrogen-bond acceptors (Lipinski definition) is 2. The van der Waals surface area contributed by atoms with Crippen LogP contribution in [0.5, 0.6) is 0 Å². The van der Waals surface area contributed by atoms with Crippen molar-refractivity contribution in [1.29, 1.82) is 0 Å². The van der Waals surface area contributed by atoms with Crippen molar-refractivity contribution in [3.63, 3.8) is 0 Å². The molecule has 1 amide bonds.